The van der Waals surface area contributed by atoms with Gasteiger partial charge < -0.3 is 18.8 Å². The van der Waals surface area contributed by atoms with Crippen molar-refractivity contribution in [2.75, 3.05) is 4.90 Å². The Morgan fingerprint density at radius 3 is 1.87 bits per heavy atom. The van der Waals surface area contributed by atoms with Crippen molar-refractivity contribution in [3.05, 3.63) is 145 Å². The van der Waals surface area contributed by atoms with Crippen LogP contribution >= 0.6 is 0 Å². The zero-order valence-corrected chi connectivity index (χ0v) is 25.0. The van der Waals surface area contributed by atoms with Crippen molar-refractivity contribution in [2.24, 2.45) is 0 Å². The van der Waals surface area contributed by atoms with E-state index in [0.29, 0.717) is 0 Å². The highest BCUT2D eigenvalue weighted by molar-refractivity contribution is 6.98. The summed E-state index contributed by atoms with van der Waals surface area (Å²) in [6.07, 6.45) is 0. The average Bonchev–Trinajstić information content (AvgIpc) is 3.45. The smallest absolute Gasteiger partial charge is 0.260 e. The number of nitrogens with zero attached hydrogens (tertiary/aromatic N) is 1. The van der Waals surface area contributed by atoms with Gasteiger partial charge in [-0.25, -0.2) is 0 Å². The number of hydrogen-bond acceptors (Lipinski definition) is 4. The fraction of sp³-hybridized carbons (Fsp3) is 0.0244. The molecule has 0 saturated carbocycles. The number of fused-ring (bicyclic) bond motifs is 9. The van der Waals surface area contributed by atoms with Crippen LogP contribution in [0.25, 0.3) is 32.7 Å². The number of ether oxygens (including phenoxy) is 2. The Labute approximate surface area is 266 Å². The van der Waals surface area contributed by atoms with Crippen molar-refractivity contribution < 1.29 is 13.9 Å². The Hall–Kier alpha value is -5.94. The molecule has 2 aliphatic heterocycles. The molecule has 4 nitrogen and oxygen atoms in total. The van der Waals surface area contributed by atoms with Gasteiger partial charge in [0.05, 0.1) is 5.69 Å². The van der Waals surface area contributed by atoms with Crippen molar-refractivity contribution in [1.29, 1.82) is 0 Å². The van der Waals surface area contributed by atoms with Crippen molar-refractivity contribution in [1.82, 2.24) is 0 Å². The standard InChI is InChI=1S/C41H26BNO3/c1-25-20-38-41-39(21-25)46-36-22-30-35(23-32(36)42(41)31-18-10-11-19-34(31)44-38)45-37-24-33(28-16-8-9-17-29(28)40(30)37)43(26-12-4-2-5-13-26)27-14-6-3-7-15-27/h2-24H,1H3. The maximum Gasteiger partial charge on any atom is 0.260 e. The monoisotopic (exact) mass is 591 g/mol. The summed E-state index contributed by atoms with van der Waals surface area (Å²) in [7, 11) is 0. The van der Waals surface area contributed by atoms with Gasteiger partial charge in [0.25, 0.3) is 6.71 Å². The second kappa shape index (κ2) is 9.53. The second-order valence-corrected chi connectivity index (χ2v) is 12.2. The number of benzene rings is 7. The van der Waals surface area contributed by atoms with Crippen LogP contribution in [-0.4, -0.2) is 6.71 Å². The molecule has 46 heavy (non-hydrogen) atoms. The summed E-state index contributed by atoms with van der Waals surface area (Å²) >= 11 is 0. The van der Waals surface area contributed by atoms with Gasteiger partial charge in [0.1, 0.15) is 34.2 Å². The maximum absolute atomic E-state index is 6.81. The molecule has 1 aromatic heterocycles. The summed E-state index contributed by atoms with van der Waals surface area (Å²) in [5, 5.41) is 4.41. The van der Waals surface area contributed by atoms with Crippen LogP contribution in [0.5, 0.6) is 23.0 Å². The van der Waals surface area contributed by atoms with E-state index in [-0.39, 0.29) is 6.71 Å². The number of para-hydroxylation sites is 3. The van der Waals surface area contributed by atoms with Gasteiger partial charge in [-0.3, -0.25) is 0 Å². The van der Waals surface area contributed by atoms with E-state index in [2.05, 4.69) is 139 Å². The third-order valence-corrected chi connectivity index (χ3v) is 9.38. The highest BCUT2D eigenvalue weighted by atomic mass is 16.5. The first-order chi connectivity index (χ1) is 22.7. The third kappa shape index (κ3) is 3.63. The van der Waals surface area contributed by atoms with Gasteiger partial charge in [-0.1, -0.05) is 78.9 Å². The van der Waals surface area contributed by atoms with Crippen molar-refractivity contribution in [2.45, 2.75) is 6.92 Å². The molecule has 0 bridgehead atoms. The van der Waals surface area contributed by atoms with E-state index in [1.54, 1.807) is 0 Å². The largest absolute Gasteiger partial charge is 0.458 e. The first kappa shape index (κ1) is 25.4. The zero-order chi connectivity index (χ0) is 30.4. The van der Waals surface area contributed by atoms with Crippen molar-refractivity contribution in [3.63, 3.8) is 0 Å². The normalized spacial score (nSPS) is 12.8. The molecule has 0 aliphatic carbocycles. The third-order valence-electron chi connectivity index (χ3n) is 9.38. The minimum atomic E-state index is -0.0177. The van der Waals surface area contributed by atoms with Crippen LogP contribution in [0.2, 0.25) is 0 Å². The predicted octanol–water partition coefficient (Wildman–Crippen LogP) is 9.25. The van der Waals surface area contributed by atoms with Gasteiger partial charge in [0.15, 0.2) is 0 Å². The minimum Gasteiger partial charge on any atom is -0.458 e. The Bertz CT molecular complexity index is 2470. The molecule has 216 valence electrons. The summed E-state index contributed by atoms with van der Waals surface area (Å²) in [5.74, 6) is 3.44. The first-order valence-corrected chi connectivity index (χ1v) is 15.6. The first-order valence-electron chi connectivity index (χ1n) is 15.6. The molecular weight excluding hydrogens is 565 g/mol. The molecule has 0 unspecified atom stereocenters. The topological polar surface area (TPSA) is 34.8 Å². The number of aryl methyl sites for hydroxylation is 1. The van der Waals surface area contributed by atoms with Gasteiger partial charge in [0.2, 0.25) is 0 Å². The van der Waals surface area contributed by atoms with Crippen LogP contribution in [0, 0.1) is 6.92 Å². The Kier molecular flexibility index (Phi) is 5.26. The summed E-state index contributed by atoms with van der Waals surface area (Å²) in [4.78, 5) is 2.31. The average molecular weight is 591 g/mol. The van der Waals surface area contributed by atoms with E-state index in [9.17, 15) is 0 Å². The van der Waals surface area contributed by atoms with E-state index in [4.69, 9.17) is 13.9 Å². The fourth-order valence-corrected chi connectivity index (χ4v) is 7.46. The van der Waals surface area contributed by atoms with Crippen LogP contribution in [0.1, 0.15) is 5.56 Å². The highest BCUT2D eigenvalue weighted by Gasteiger charge is 2.40. The van der Waals surface area contributed by atoms with Gasteiger partial charge >= 0.3 is 0 Å². The van der Waals surface area contributed by atoms with Gasteiger partial charge in [-0.15, -0.1) is 0 Å². The van der Waals surface area contributed by atoms with Crippen LogP contribution in [-0.2, 0) is 0 Å². The molecule has 0 atom stereocenters. The summed E-state index contributed by atoms with van der Waals surface area (Å²) < 4.78 is 19.9. The molecule has 0 N–H and O–H groups in total. The number of furan rings is 1. The van der Waals surface area contributed by atoms with E-state index in [1.165, 1.54) is 0 Å². The highest BCUT2D eigenvalue weighted by Crippen LogP contribution is 2.45. The molecule has 0 radical (unpaired) electrons. The molecule has 7 aromatic carbocycles. The van der Waals surface area contributed by atoms with Gasteiger partial charge in [0, 0.05) is 39.1 Å². The lowest BCUT2D eigenvalue weighted by atomic mass is 9.35. The second-order valence-electron chi connectivity index (χ2n) is 12.2. The molecule has 8 aromatic rings. The lowest BCUT2D eigenvalue weighted by Gasteiger charge is -2.33. The summed E-state index contributed by atoms with van der Waals surface area (Å²) in [6, 6.07) is 48.7. The van der Waals surface area contributed by atoms with E-state index in [1.807, 2.05) is 12.1 Å². The fourth-order valence-electron chi connectivity index (χ4n) is 7.46. The lowest BCUT2D eigenvalue weighted by Crippen LogP contribution is -2.57. The predicted molar refractivity (Wildman–Crippen MR) is 188 cm³/mol. The quantitative estimate of drug-likeness (QED) is 0.192. The Morgan fingerprint density at radius 1 is 0.500 bits per heavy atom. The minimum absolute atomic E-state index is 0.0177. The van der Waals surface area contributed by atoms with Crippen LogP contribution < -0.4 is 30.8 Å². The molecule has 0 spiro atoms. The molecule has 5 heteroatoms. The van der Waals surface area contributed by atoms with Crippen molar-refractivity contribution >= 4 is 72.9 Å². The molecule has 0 amide bonds. The Balaban J connectivity index is 1.25. The number of hydrogen-bond donors (Lipinski definition) is 0. The van der Waals surface area contributed by atoms with Crippen LogP contribution in [0.15, 0.2) is 144 Å². The number of rotatable bonds is 3. The lowest BCUT2D eigenvalue weighted by molar-refractivity contribution is 0.464. The van der Waals surface area contributed by atoms with Crippen molar-refractivity contribution in [3.8, 4) is 23.0 Å². The van der Waals surface area contributed by atoms with Crippen LogP contribution in [0.3, 0.4) is 0 Å². The van der Waals surface area contributed by atoms with E-state index >= 15 is 0 Å². The van der Waals surface area contributed by atoms with Crippen LogP contribution in [0.4, 0.5) is 17.1 Å². The zero-order valence-electron chi connectivity index (χ0n) is 25.0. The van der Waals surface area contributed by atoms with Gasteiger partial charge in [-0.2, -0.15) is 0 Å². The number of anilines is 3. The molecule has 10 rings (SSSR count). The SMILES string of the molecule is Cc1cc2c3c(c1)Oc1cc4c(cc1B3c1ccccc1O2)oc1cc(N(c2ccccc2)c2ccccc2)c2ccccc2c14. The molecule has 2 aliphatic rings. The molecule has 0 fully saturated rings. The molecule has 0 saturated heterocycles. The molecular formula is C41H26BNO3. The van der Waals surface area contributed by atoms with Gasteiger partial charge in [-0.05, 0) is 83.4 Å². The maximum atomic E-state index is 6.81. The van der Waals surface area contributed by atoms with E-state index < -0.39 is 0 Å². The summed E-state index contributed by atoms with van der Waals surface area (Å²) in [5.41, 5.74) is 9.29. The Morgan fingerprint density at radius 2 is 1.13 bits per heavy atom. The molecule has 3 heterocycles. The van der Waals surface area contributed by atoms with E-state index in [0.717, 1.165) is 94.7 Å². The summed E-state index contributed by atoms with van der Waals surface area (Å²) in [6.45, 7) is 2.06.